The highest BCUT2D eigenvalue weighted by molar-refractivity contribution is 9.10. The first-order valence-electron chi connectivity index (χ1n) is 6.89. The number of hydrogen-bond acceptors (Lipinski definition) is 2. The highest BCUT2D eigenvalue weighted by Gasteiger charge is 2.17. The van der Waals surface area contributed by atoms with Crippen LogP contribution in [0, 0.1) is 12.7 Å². The van der Waals surface area contributed by atoms with Gasteiger partial charge in [-0.3, -0.25) is 0 Å². The molecule has 0 heterocycles. The Morgan fingerprint density at radius 3 is 2.62 bits per heavy atom. The molecule has 2 aromatic rings. The van der Waals surface area contributed by atoms with Gasteiger partial charge in [0.1, 0.15) is 0 Å². The smallest absolute Gasteiger partial charge is 0.165 e. The lowest BCUT2D eigenvalue weighted by molar-refractivity contribution is 0.385. The number of nitrogens with one attached hydrogen (secondary N) is 1. The van der Waals surface area contributed by atoms with Crippen molar-refractivity contribution < 1.29 is 9.13 Å². The van der Waals surface area contributed by atoms with E-state index in [1.165, 1.54) is 18.7 Å². The van der Waals surface area contributed by atoms with E-state index in [0.717, 1.165) is 22.1 Å². The van der Waals surface area contributed by atoms with Crippen LogP contribution in [0.1, 0.15) is 29.7 Å². The van der Waals surface area contributed by atoms with Crippen molar-refractivity contribution in [3.63, 3.8) is 0 Å². The minimum absolute atomic E-state index is 0.0482. The van der Waals surface area contributed by atoms with Crippen LogP contribution in [-0.2, 0) is 0 Å². The monoisotopic (exact) mass is 351 g/mol. The fraction of sp³-hybridized carbons (Fsp3) is 0.294. The zero-order valence-corrected chi connectivity index (χ0v) is 14.0. The number of benzene rings is 2. The van der Waals surface area contributed by atoms with Crippen LogP contribution in [0.5, 0.6) is 5.75 Å². The van der Waals surface area contributed by atoms with Crippen LogP contribution in [0.3, 0.4) is 0 Å². The van der Waals surface area contributed by atoms with E-state index in [-0.39, 0.29) is 17.6 Å². The Bertz CT molecular complexity index is 630. The van der Waals surface area contributed by atoms with Crippen LogP contribution in [0.25, 0.3) is 0 Å². The maximum Gasteiger partial charge on any atom is 0.165 e. The molecule has 0 spiro atoms. The molecular formula is C17H19BrFNO. The maximum absolute atomic E-state index is 14.0. The molecule has 0 amide bonds. The number of halogens is 2. The van der Waals surface area contributed by atoms with Gasteiger partial charge < -0.3 is 10.1 Å². The van der Waals surface area contributed by atoms with Crippen molar-refractivity contribution in [2.24, 2.45) is 0 Å². The Hall–Kier alpha value is -1.39. The van der Waals surface area contributed by atoms with Gasteiger partial charge in [0.25, 0.3) is 0 Å². The molecule has 112 valence electrons. The van der Waals surface area contributed by atoms with Crippen LogP contribution in [0.15, 0.2) is 40.9 Å². The third-order valence-electron chi connectivity index (χ3n) is 3.47. The third kappa shape index (κ3) is 3.63. The Balaban J connectivity index is 2.48. The number of rotatable bonds is 5. The van der Waals surface area contributed by atoms with Crippen LogP contribution < -0.4 is 10.1 Å². The first kappa shape index (κ1) is 16.0. The quantitative estimate of drug-likeness (QED) is 0.849. The van der Waals surface area contributed by atoms with Crippen molar-refractivity contribution in [1.82, 2.24) is 5.32 Å². The summed E-state index contributed by atoms with van der Waals surface area (Å²) < 4.78 is 20.0. The van der Waals surface area contributed by atoms with E-state index in [4.69, 9.17) is 4.74 Å². The van der Waals surface area contributed by atoms with Gasteiger partial charge >= 0.3 is 0 Å². The van der Waals surface area contributed by atoms with Gasteiger partial charge in [-0.25, -0.2) is 4.39 Å². The van der Waals surface area contributed by atoms with E-state index in [0.29, 0.717) is 0 Å². The van der Waals surface area contributed by atoms with Crippen molar-refractivity contribution in [2.45, 2.75) is 19.9 Å². The summed E-state index contributed by atoms with van der Waals surface area (Å²) in [6.45, 7) is 4.90. The molecule has 0 radical (unpaired) electrons. The van der Waals surface area contributed by atoms with E-state index in [1.807, 2.05) is 19.1 Å². The second-order valence-corrected chi connectivity index (χ2v) is 5.80. The Morgan fingerprint density at radius 2 is 2.00 bits per heavy atom. The second kappa shape index (κ2) is 7.05. The van der Waals surface area contributed by atoms with Gasteiger partial charge in [0.05, 0.1) is 13.2 Å². The normalized spacial score (nSPS) is 12.2. The minimum atomic E-state index is -0.342. The molecule has 0 saturated carbocycles. The lowest BCUT2D eigenvalue weighted by atomic mass is 9.95. The van der Waals surface area contributed by atoms with Crippen LogP contribution in [-0.4, -0.2) is 13.7 Å². The summed E-state index contributed by atoms with van der Waals surface area (Å²) in [5, 5.41) is 3.42. The van der Waals surface area contributed by atoms with Crippen LogP contribution >= 0.6 is 15.9 Å². The standard InChI is InChI=1S/C17H19BrFNO/c1-4-20-17(14-10-13(18)7-5-11(14)2)12-6-8-16(21-3)15(19)9-12/h5-10,17,20H,4H2,1-3H3. The van der Waals surface area contributed by atoms with Crippen molar-refractivity contribution in [1.29, 1.82) is 0 Å². The van der Waals surface area contributed by atoms with Gasteiger partial charge in [-0.05, 0) is 54.4 Å². The first-order valence-corrected chi connectivity index (χ1v) is 7.69. The fourth-order valence-corrected chi connectivity index (χ4v) is 2.77. The number of hydrogen-bond donors (Lipinski definition) is 1. The largest absolute Gasteiger partial charge is 0.494 e. The molecule has 0 aliphatic rings. The molecular weight excluding hydrogens is 333 g/mol. The molecule has 1 unspecified atom stereocenters. The van der Waals surface area contributed by atoms with Crippen molar-refractivity contribution in [3.8, 4) is 5.75 Å². The Kier molecular flexibility index (Phi) is 5.37. The van der Waals surface area contributed by atoms with E-state index in [2.05, 4.69) is 40.3 Å². The molecule has 0 bridgehead atoms. The number of methoxy groups -OCH3 is 1. The van der Waals surface area contributed by atoms with Crippen molar-refractivity contribution in [2.75, 3.05) is 13.7 Å². The minimum Gasteiger partial charge on any atom is -0.494 e. The Labute approximate surface area is 133 Å². The molecule has 0 fully saturated rings. The first-order chi connectivity index (χ1) is 10.1. The highest BCUT2D eigenvalue weighted by Crippen LogP contribution is 2.30. The van der Waals surface area contributed by atoms with Gasteiger partial charge in [0, 0.05) is 4.47 Å². The maximum atomic E-state index is 14.0. The summed E-state index contributed by atoms with van der Waals surface area (Å²) in [5.74, 6) is -0.0782. The Morgan fingerprint density at radius 1 is 1.24 bits per heavy atom. The summed E-state index contributed by atoms with van der Waals surface area (Å²) in [4.78, 5) is 0. The molecule has 0 aliphatic carbocycles. The van der Waals surface area contributed by atoms with Crippen molar-refractivity contribution >= 4 is 15.9 Å². The van der Waals surface area contributed by atoms with E-state index in [1.54, 1.807) is 6.07 Å². The molecule has 1 N–H and O–H groups in total. The van der Waals surface area contributed by atoms with E-state index in [9.17, 15) is 4.39 Å². The molecule has 21 heavy (non-hydrogen) atoms. The zero-order valence-electron chi connectivity index (χ0n) is 12.4. The SMILES string of the molecule is CCNC(c1ccc(OC)c(F)c1)c1cc(Br)ccc1C. The molecule has 2 aromatic carbocycles. The molecule has 4 heteroatoms. The van der Waals surface area contributed by atoms with Crippen molar-refractivity contribution in [3.05, 3.63) is 63.4 Å². The fourth-order valence-electron chi connectivity index (χ4n) is 2.40. The predicted octanol–water partition coefficient (Wildman–Crippen LogP) is 4.60. The van der Waals surface area contributed by atoms with E-state index >= 15 is 0 Å². The molecule has 2 nitrogen and oxygen atoms in total. The number of aryl methyl sites for hydroxylation is 1. The molecule has 0 saturated heterocycles. The van der Waals surface area contributed by atoms with Gasteiger partial charge in [-0.1, -0.05) is 35.0 Å². The summed E-state index contributed by atoms with van der Waals surface area (Å²) in [7, 11) is 1.47. The summed E-state index contributed by atoms with van der Waals surface area (Å²) in [5.41, 5.74) is 3.19. The molecule has 1 atom stereocenters. The second-order valence-electron chi connectivity index (χ2n) is 4.89. The zero-order chi connectivity index (χ0) is 15.4. The summed E-state index contributed by atoms with van der Waals surface area (Å²) >= 11 is 3.50. The highest BCUT2D eigenvalue weighted by atomic mass is 79.9. The van der Waals surface area contributed by atoms with Gasteiger partial charge in [0.2, 0.25) is 0 Å². The van der Waals surface area contributed by atoms with Crippen LogP contribution in [0.4, 0.5) is 4.39 Å². The topological polar surface area (TPSA) is 21.3 Å². The lowest BCUT2D eigenvalue weighted by Crippen LogP contribution is -2.23. The lowest BCUT2D eigenvalue weighted by Gasteiger charge is -2.21. The van der Waals surface area contributed by atoms with Gasteiger partial charge in [-0.15, -0.1) is 0 Å². The summed E-state index contributed by atoms with van der Waals surface area (Å²) in [6, 6.07) is 11.2. The van der Waals surface area contributed by atoms with E-state index < -0.39 is 0 Å². The summed E-state index contributed by atoms with van der Waals surface area (Å²) in [6.07, 6.45) is 0. The average Bonchev–Trinajstić information content (AvgIpc) is 2.47. The van der Waals surface area contributed by atoms with Gasteiger partial charge in [-0.2, -0.15) is 0 Å². The average molecular weight is 352 g/mol. The van der Waals surface area contributed by atoms with Crippen LogP contribution in [0.2, 0.25) is 0 Å². The molecule has 0 aromatic heterocycles. The predicted molar refractivity (Wildman–Crippen MR) is 87.4 cm³/mol. The third-order valence-corrected chi connectivity index (χ3v) is 3.96. The molecule has 0 aliphatic heterocycles. The van der Waals surface area contributed by atoms with Gasteiger partial charge in [0.15, 0.2) is 11.6 Å². The molecule has 2 rings (SSSR count). The number of ether oxygens (including phenoxy) is 1.